The molecule has 0 unspecified atom stereocenters. The van der Waals surface area contributed by atoms with Crippen LogP contribution in [0.25, 0.3) is 11.5 Å². The van der Waals surface area contributed by atoms with Gasteiger partial charge >= 0.3 is 6.01 Å². The van der Waals surface area contributed by atoms with Crippen molar-refractivity contribution in [3.05, 3.63) is 34.3 Å². The largest absolute Gasteiger partial charge is 0.454 e. The number of ether oxygens (including phenoxy) is 2. The minimum Gasteiger partial charge on any atom is -0.454 e. The van der Waals surface area contributed by atoms with Gasteiger partial charge in [0.25, 0.3) is 0 Å². The third kappa shape index (κ3) is 2.85. The monoisotopic (exact) mass is 330 g/mol. The first-order valence-electron chi connectivity index (χ1n) is 7.22. The molecule has 8 heteroatoms. The highest BCUT2D eigenvalue weighted by atomic mass is 32.1. The van der Waals surface area contributed by atoms with Gasteiger partial charge in [-0.15, -0.1) is 16.4 Å². The second-order valence-electron chi connectivity index (χ2n) is 4.92. The van der Waals surface area contributed by atoms with Crippen LogP contribution >= 0.6 is 11.3 Å². The highest BCUT2D eigenvalue weighted by molar-refractivity contribution is 7.09. The zero-order valence-corrected chi connectivity index (χ0v) is 13.2. The van der Waals surface area contributed by atoms with E-state index < -0.39 is 0 Å². The molecule has 3 heterocycles. The summed E-state index contributed by atoms with van der Waals surface area (Å²) in [5.74, 6) is 1.84. The van der Waals surface area contributed by atoms with Gasteiger partial charge in [-0.25, -0.2) is 4.98 Å². The maximum atomic E-state index is 5.63. The lowest BCUT2D eigenvalue weighted by Crippen LogP contribution is -2.00. The lowest BCUT2D eigenvalue weighted by Gasteiger charge is -1.99. The van der Waals surface area contributed by atoms with Gasteiger partial charge in [-0.3, -0.25) is 0 Å². The number of rotatable bonds is 5. The molecule has 2 aromatic heterocycles. The van der Waals surface area contributed by atoms with E-state index in [-0.39, 0.29) is 6.79 Å². The molecule has 0 atom stereocenters. The second kappa shape index (κ2) is 5.88. The maximum Gasteiger partial charge on any atom is 0.316 e. The molecule has 1 N–H and O–H groups in total. The molecule has 1 aliphatic heterocycles. The fourth-order valence-corrected chi connectivity index (χ4v) is 2.94. The van der Waals surface area contributed by atoms with Crippen LogP contribution in [0, 0.1) is 0 Å². The van der Waals surface area contributed by atoms with Crippen LogP contribution in [0.5, 0.6) is 11.5 Å². The quantitative estimate of drug-likeness (QED) is 0.769. The number of fused-ring (bicyclic) bond motifs is 1. The molecule has 0 saturated carbocycles. The first kappa shape index (κ1) is 14.0. The number of thiazole rings is 1. The Morgan fingerprint density at radius 2 is 2.13 bits per heavy atom. The molecule has 0 saturated heterocycles. The van der Waals surface area contributed by atoms with Crippen LogP contribution in [0.1, 0.15) is 17.6 Å². The molecule has 1 aliphatic rings. The fraction of sp³-hybridized carbons (Fsp3) is 0.267. The van der Waals surface area contributed by atoms with Crippen LogP contribution in [0.4, 0.5) is 6.01 Å². The molecule has 0 spiro atoms. The van der Waals surface area contributed by atoms with Crippen LogP contribution in [0.15, 0.2) is 28.0 Å². The van der Waals surface area contributed by atoms with Crippen LogP contribution in [0.2, 0.25) is 0 Å². The number of anilines is 1. The number of hydrogen-bond acceptors (Lipinski definition) is 8. The highest BCUT2D eigenvalue weighted by Gasteiger charge is 2.16. The van der Waals surface area contributed by atoms with Gasteiger partial charge in [0.15, 0.2) is 11.5 Å². The van der Waals surface area contributed by atoms with Crippen LogP contribution < -0.4 is 14.8 Å². The summed E-state index contributed by atoms with van der Waals surface area (Å²) in [7, 11) is 0. The van der Waals surface area contributed by atoms with E-state index in [2.05, 4.69) is 27.4 Å². The topological polar surface area (TPSA) is 82.3 Å². The molecule has 7 nitrogen and oxygen atoms in total. The summed E-state index contributed by atoms with van der Waals surface area (Å²) >= 11 is 1.65. The lowest BCUT2D eigenvalue weighted by molar-refractivity contribution is 0.174. The first-order valence-corrected chi connectivity index (χ1v) is 8.10. The molecule has 23 heavy (non-hydrogen) atoms. The Balaban J connectivity index is 1.46. The third-order valence-corrected chi connectivity index (χ3v) is 4.41. The SMILES string of the molecule is CCc1nc(CNc2nnc(-c3ccc4c(c3)OCO4)o2)cs1. The standard InChI is InChI=1S/C15H14N4O3S/c1-2-13-17-10(7-23-13)6-16-15-19-18-14(22-15)9-3-4-11-12(5-9)21-8-20-11/h3-5,7H,2,6,8H2,1H3,(H,16,19). The van der Waals surface area contributed by atoms with E-state index in [0.717, 1.165) is 28.4 Å². The molecule has 0 radical (unpaired) electrons. The van der Waals surface area contributed by atoms with Gasteiger partial charge in [-0.05, 0) is 24.6 Å². The maximum absolute atomic E-state index is 5.63. The Labute approximate surface area is 136 Å². The van der Waals surface area contributed by atoms with Crippen molar-refractivity contribution in [2.45, 2.75) is 19.9 Å². The molecule has 0 aliphatic carbocycles. The molecule has 4 rings (SSSR count). The molecule has 0 amide bonds. The predicted octanol–water partition coefficient (Wildman–Crippen LogP) is 3.10. The molecular formula is C15H14N4O3S. The summed E-state index contributed by atoms with van der Waals surface area (Å²) in [5, 5.41) is 14.3. The number of nitrogens with one attached hydrogen (secondary N) is 1. The Kier molecular flexibility index (Phi) is 3.58. The van der Waals surface area contributed by atoms with Crippen molar-refractivity contribution >= 4 is 17.4 Å². The average molecular weight is 330 g/mol. The molecular weight excluding hydrogens is 316 g/mol. The molecule has 0 bridgehead atoms. The van der Waals surface area contributed by atoms with Gasteiger partial charge in [0, 0.05) is 10.9 Å². The summed E-state index contributed by atoms with van der Waals surface area (Å²) in [4.78, 5) is 4.48. The van der Waals surface area contributed by atoms with Crippen molar-refractivity contribution < 1.29 is 13.9 Å². The minimum absolute atomic E-state index is 0.239. The van der Waals surface area contributed by atoms with Crippen molar-refractivity contribution in [1.82, 2.24) is 15.2 Å². The Bertz CT molecular complexity index is 830. The van der Waals surface area contributed by atoms with E-state index in [0.29, 0.717) is 24.2 Å². The van der Waals surface area contributed by atoms with Crippen LogP contribution in [-0.4, -0.2) is 22.0 Å². The number of hydrogen-bond donors (Lipinski definition) is 1. The third-order valence-electron chi connectivity index (χ3n) is 3.37. The molecule has 0 fully saturated rings. The number of aromatic nitrogens is 3. The van der Waals surface area contributed by atoms with Crippen molar-refractivity contribution in [2.75, 3.05) is 12.1 Å². The Hall–Kier alpha value is -2.61. The summed E-state index contributed by atoms with van der Waals surface area (Å²) in [6.45, 7) is 2.88. The molecule has 3 aromatic rings. The van der Waals surface area contributed by atoms with E-state index in [1.54, 1.807) is 11.3 Å². The van der Waals surface area contributed by atoms with Crippen LogP contribution in [0.3, 0.4) is 0 Å². The van der Waals surface area contributed by atoms with E-state index in [9.17, 15) is 0 Å². The zero-order valence-electron chi connectivity index (χ0n) is 12.4. The molecule has 1 aromatic carbocycles. The summed E-state index contributed by atoms with van der Waals surface area (Å²) < 4.78 is 16.3. The van der Waals surface area contributed by atoms with Gasteiger partial charge < -0.3 is 19.2 Å². The Morgan fingerprint density at radius 3 is 3.00 bits per heavy atom. The average Bonchev–Trinajstić information content (AvgIpc) is 3.31. The van der Waals surface area contributed by atoms with Crippen molar-refractivity contribution in [1.29, 1.82) is 0 Å². The predicted molar refractivity (Wildman–Crippen MR) is 84.7 cm³/mol. The van der Waals surface area contributed by atoms with Crippen LogP contribution in [-0.2, 0) is 13.0 Å². The van der Waals surface area contributed by atoms with E-state index in [1.165, 1.54) is 0 Å². The van der Waals surface area contributed by atoms with Crippen molar-refractivity contribution in [3.63, 3.8) is 0 Å². The highest BCUT2D eigenvalue weighted by Crippen LogP contribution is 2.35. The second-order valence-corrected chi connectivity index (χ2v) is 5.86. The molecule has 118 valence electrons. The Morgan fingerprint density at radius 1 is 1.22 bits per heavy atom. The van der Waals surface area contributed by atoms with Gasteiger partial charge in [0.1, 0.15) is 0 Å². The normalized spacial score (nSPS) is 12.6. The van der Waals surface area contributed by atoms with Gasteiger partial charge in [0.2, 0.25) is 12.7 Å². The lowest BCUT2D eigenvalue weighted by atomic mass is 10.2. The zero-order chi connectivity index (χ0) is 15.6. The smallest absolute Gasteiger partial charge is 0.316 e. The van der Waals surface area contributed by atoms with E-state index in [1.807, 2.05) is 23.6 Å². The summed E-state index contributed by atoms with van der Waals surface area (Å²) in [5.41, 5.74) is 1.76. The van der Waals surface area contributed by atoms with Gasteiger partial charge in [0.05, 0.1) is 17.2 Å². The number of benzene rings is 1. The summed E-state index contributed by atoms with van der Waals surface area (Å²) in [6, 6.07) is 5.88. The van der Waals surface area contributed by atoms with E-state index in [4.69, 9.17) is 13.9 Å². The van der Waals surface area contributed by atoms with Crippen molar-refractivity contribution in [3.8, 4) is 23.0 Å². The summed E-state index contributed by atoms with van der Waals surface area (Å²) in [6.07, 6.45) is 0.944. The number of aryl methyl sites for hydroxylation is 1. The van der Waals surface area contributed by atoms with E-state index >= 15 is 0 Å². The van der Waals surface area contributed by atoms with Gasteiger partial charge in [-0.1, -0.05) is 12.0 Å². The van der Waals surface area contributed by atoms with Crippen molar-refractivity contribution in [2.24, 2.45) is 0 Å². The minimum atomic E-state index is 0.239. The van der Waals surface area contributed by atoms with Gasteiger partial charge in [-0.2, -0.15) is 0 Å². The first-order chi connectivity index (χ1) is 11.3. The number of nitrogens with zero attached hydrogens (tertiary/aromatic N) is 3. The fourth-order valence-electron chi connectivity index (χ4n) is 2.20.